The number of rotatable bonds is 4. The van der Waals surface area contributed by atoms with Crippen LogP contribution in [0.4, 0.5) is 0 Å². The molecule has 0 amide bonds. The zero-order valence-electron chi connectivity index (χ0n) is 7.44. The highest BCUT2D eigenvalue weighted by Crippen LogP contribution is 2.31. The molecule has 1 rings (SSSR count). The van der Waals surface area contributed by atoms with E-state index in [1.165, 1.54) is 0 Å². The molecule has 1 aliphatic rings. The number of nitrogens with zero attached hydrogens (tertiary/aromatic N) is 1. The fourth-order valence-electron chi connectivity index (χ4n) is 1.89. The van der Waals surface area contributed by atoms with Crippen molar-refractivity contribution >= 4 is 5.78 Å². The summed E-state index contributed by atoms with van der Waals surface area (Å²) in [6.45, 7) is 3.47. The average Bonchev–Trinajstić information content (AvgIpc) is 2.35. The first kappa shape index (κ1) is 9.89. The van der Waals surface area contributed by atoms with Gasteiger partial charge in [0.15, 0.2) is 0 Å². The highest BCUT2D eigenvalue weighted by Gasteiger charge is 2.36. The Morgan fingerprint density at radius 1 is 1.69 bits per heavy atom. The molecule has 0 N–H and O–H groups in total. The van der Waals surface area contributed by atoms with Gasteiger partial charge in [-0.15, -0.1) is 6.58 Å². The SMILES string of the molecule is C=CC[C@H]1C(=O)CC[C@@H]1C[N+](=O)[O-]. The van der Waals surface area contributed by atoms with Crippen molar-refractivity contribution in [3.8, 4) is 0 Å². The Labute approximate surface area is 76.8 Å². The maximum atomic E-state index is 11.3. The third-order valence-corrected chi connectivity index (χ3v) is 2.55. The van der Waals surface area contributed by atoms with E-state index in [0.29, 0.717) is 19.3 Å². The Kier molecular flexibility index (Phi) is 3.17. The summed E-state index contributed by atoms with van der Waals surface area (Å²) >= 11 is 0. The summed E-state index contributed by atoms with van der Waals surface area (Å²) in [5, 5.41) is 10.3. The van der Waals surface area contributed by atoms with E-state index in [2.05, 4.69) is 6.58 Å². The maximum Gasteiger partial charge on any atom is 0.207 e. The fraction of sp³-hybridized carbons (Fsp3) is 0.667. The van der Waals surface area contributed by atoms with E-state index < -0.39 is 0 Å². The first-order valence-corrected chi connectivity index (χ1v) is 4.40. The number of ketones is 1. The normalized spacial score (nSPS) is 27.5. The summed E-state index contributed by atoms with van der Waals surface area (Å²) in [5.74, 6) is -0.0600. The van der Waals surface area contributed by atoms with Crippen LogP contribution in [-0.2, 0) is 4.79 Å². The molecular weight excluding hydrogens is 170 g/mol. The summed E-state index contributed by atoms with van der Waals surface area (Å²) in [6, 6.07) is 0. The van der Waals surface area contributed by atoms with Crippen molar-refractivity contribution in [3.05, 3.63) is 22.8 Å². The van der Waals surface area contributed by atoms with Crippen LogP contribution in [-0.4, -0.2) is 17.3 Å². The molecule has 4 nitrogen and oxygen atoms in total. The van der Waals surface area contributed by atoms with Crippen molar-refractivity contribution in [2.45, 2.75) is 19.3 Å². The third kappa shape index (κ3) is 2.37. The first-order valence-electron chi connectivity index (χ1n) is 4.40. The summed E-state index contributed by atoms with van der Waals surface area (Å²) < 4.78 is 0. The second-order valence-corrected chi connectivity index (χ2v) is 3.41. The Balaban J connectivity index is 2.58. The van der Waals surface area contributed by atoms with Crippen LogP contribution in [0.3, 0.4) is 0 Å². The number of allylic oxidation sites excluding steroid dienone is 1. The molecule has 0 saturated heterocycles. The minimum Gasteiger partial charge on any atom is -0.299 e. The molecule has 13 heavy (non-hydrogen) atoms. The van der Waals surface area contributed by atoms with Crippen LogP contribution in [0.5, 0.6) is 0 Å². The zero-order valence-corrected chi connectivity index (χ0v) is 7.44. The molecule has 0 aromatic carbocycles. The molecule has 2 atom stereocenters. The molecule has 0 heterocycles. The minimum atomic E-state index is -0.334. The molecule has 0 aromatic heterocycles. The largest absolute Gasteiger partial charge is 0.299 e. The highest BCUT2D eigenvalue weighted by atomic mass is 16.6. The highest BCUT2D eigenvalue weighted by molar-refractivity contribution is 5.83. The van der Waals surface area contributed by atoms with Gasteiger partial charge in [-0.1, -0.05) is 6.08 Å². The Bertz CT molecular complexity index is 237. The number of hydrogen-bond donors (Lipinski definition) is 0. The molecule has 4 heteroatoms. The van der Waals surface area contributed by atoms with E-state index in [1.807, 2.05) is 0 Å². The van der Waals surface area contributed by atoms with Gasteiger partial charge in [0, 0.05) is 23.2 Å². The van der Waals surface area contributed by atoms with E-state index in [0.717, 1.165) is 0 Å². The van der Waals surface area contributed by atoms with Crippen molar-refractivity contribution in [2.75, 3.05) is 6.54 Å². The topological polar surface area (TPSA) is 60.2 Å². The van der Waals surface area contributed by atoms with Crippen LogP contribution in [0.25, 0.3) is 0 Å². The Morgan fingerprint density at radius 2 is 2.38 bits per heavy atom. The van der Waals surface area contributed by atoms with E-state index in [9.17, 15) is 14.9 Å². The van der Waals surface area contributed by atoms with Crippen molar-refractivity contribution in [1.29, 1.82) is 0 Å². The van der Waals surface area contributed by atoms with E-state index in [-0.39, 0.29) is 29.1 Å². The first-order chi connectivity index (χ1) is 6.15. The fourth-order valence-corrected chi connectivity index (χ4v) is 1.89. The van der Waals surface area contributed by atoms with Crippen molar-refractivity contribution in [2.24, 2.45) is 11.8 Å². The minimum absolute atomic E-state index is 0.0690. The second-order valence-electron chi connectivity index (χ2n) is 3.41. The number of Topliss-reactive ketones (excluding diaryl/α,β-unsaturated/α-hetero) is 1. The summed E-state index contributed by atoms with van der Waals surface area (Å²) in [6.07, 6.45) is 3.41. The van der Waals surface area contributed by atoms with Gasteiger partial charge in [0.1, 0.15) is 5.78 Å². The maximum absolute atomic E-state index is 11.3. The van der Waals surface area contributed by atoms with Gasteiger partial charge in [0.25, 0.3) is 0 Å². The Hall–Kier alpha value is -1.19. The summed E-state index contributed by atoms with van der Waals surface area (Å²) in [7, 11) is 0. The average molecular weight is 183 g/mol. The molecule has 0 unspecified atom stereocenters. The van der Waals surface area contributed by atoms with Gasteiger partial charge in [-0.3, -0.25) is 14.9 Å². The zero-order chi connectivity index (χ0) is 9.84. The van der Waals surface area contributed by atoms with Gasteiger partial charge in [-0.05, 0) is 12.8 Å². The number of hydrogen-bond acceptors (Lipinski definition) is 3. The lowest BCUT2D eigenvalue weighted by Gasteiger charge is -2.11. The molecule has 0 aliphatic heterocycles. The van der Waals surface area contributed by atoms with Crippen LogP contribution >= 0.6 is 0 Å². The molecule has 1 aliphatic carbocycles. The predicted octanol–water partition coefficient (Wildman–Crippen LogP) is 1.43. The van der Waals surface area contributed by atoms with Crippen molar-refractivity contribution in [3.63, 3.8) is 0 Å². The molecule has 1 saturated carbocycles. The van der Waals surface area contributed by atoms with Crippen LogP contribution in [0, 0.1) is 22.0 Å². The summed E-state index contributed by atoms with van der Waals surface area (Å²) in [4.78, 5) is 21.2. The monoisotopic (exact) mass is 183 g/mol. The molecule has 0 radical (unpaired) electrons. The Morgan fingerprint density at radius 3 is 2.92 bits per heavy atom. The van der Waals surface area contributed by atoms with Crippen LogP contribution < -0.4 is 0 Å². The lowest BCUT2D eigenvalue weighted by molar-refractivity contribution is -0.489. The van der Waals surface area contributed by atoms with Crippen molar-refractivity contribution in [1.82, 2.24) is 0 Å². The van der Waals surface area contributed by atoms with Crippen LogP contribution in [0.2, 0.25) is 0 Å². The molecular formula is C9H13NO3. The molecule has 0 aromatic rings. The molecule has 0 bridgehead atoms. The van der Waals surface area contributed by atoms with Gasteiger partial charge >= 0.3 is 0 Å². The third-order valence-electron chi connectivity index (χ3n) is 2.55. The van der Waals surface area contributed by atoms with E-state index in [4.69, 9.17) is 0 Å². The van der Waals surface area contributed by atoms with Gasteiger partial charge in [-0.25, -0.2) is 0 Å². The van der Waals surface area contributed by atoms with Gasteiger partial charge in [-0.2, -0.15) is 0 Å². The standard InChI is InChI=1S/C9H13NO3/c1-2-3-8-7(6-10(12)13)4-5-9(8)11/h2,7-8H,1,3-6H2/t7-,8-/m1/s1. The van der Waals surface area contributed by atoms with Crippen LogP contribution in [0.1, 0.15) is 19.3 Å². The smallest absolute Gasteiger partial charge is 0.207 e. The van der Waals surface area contributed by atoms with Crippen LogP contribution in [0.15, 0.2) is 12.7 Å². The second kappa shape index (κ2) is 4.16. The lowest BCUT2D eigenvalue weighted by Crippen LogP contribution is -2.21. The molecule has 0 spiro atoms. The number of carbonyl (C=O) groups is 1. The molecule has 1 fully saturated rings. The predicted molar refractivity (Wildman–Crippen MR) is 47.9 cm³/mol. The van der Waals surface area contributed by atoms with Gasteiger partial charge in [0.05, 0.1) is 0 Å². The summed E-state index contributed by atoms with van der Waals surface area (Å²) in [5.41, 5.74) is 0. The van der Waals surface area contributed by atoms with Gasteiger partial charge < -0.3 is 0 Å². The number of carbonyl (C=O) groups excluding carboxylic acids is 1. The quantitative estimate of drug-likeness (QED) is 0.376. The molecule has 72 valence electrons. The van der Waals surface area contributed by atoms with Gasteiger partial charge in [0.2, 0.25) is 6.54 Å². The van der Waals surface area contributed by atoms with E-state index >= 15 is 0 Å². The number of nitro groups is 1. The van der Waals surface area contributed by atoms with Crippen molar-refractivity contribution < 1.29 is 9.72 Å². The lowest BCUT2D eigenvalue weighted by atomic mass is 9.92. The van der Waals surface area contributed by atoms with E-state index in [1.54, 1.807) is 6.08 Å².